The summed E-state index contributed by atoms with van der Waals surface area (Å²) >= 11 is 0. The number of nitrogens with zero attached hydrogens (tertiary/aromatic N) is 6. The van der Waals surface area contributed by atoms with E-state index in [9.17, 15) is 0 Å². The van der Waals surface area contributed by atoms with Crippen LogP contribution in [0.15, 0.2) is 70.2 Å². The largest absolute Gasteiger partial charge is 0.370 e. The number of azo groups is 1. The van der Waals surface area contributed by atoms with Crippen LogP contribution in [0.3, 0.4) is 0 Å². The molecule has 0 radical (unpaired) electrons. The van der Waals surface area contributed by atoms with E-state index in [1.165, 1.54) is 40.6 Å². The molecule has 3 heterocycles. The average Bonchev–Trinajstić information content (AvgIpc) is 2.91. The van der Waals surface area contributed by atoms with Crippen molar-refractivity contribution in [1.82, 2.24) is 15.4 Å². The molecule has 0 saturated carbocycles. The van der Waals surface area contributed by atoms with Gasteiger partial charge in [0.15, 0.2) is 5.82 Å². The van der Waals surface area contributed by atoms with Gasteiger partial charge in [-0.15, -0.1) is 5.11 Å². The van der Waals surface area contributed by atoms with Crippen molar-refractivity contribution in [3.8, 4) is 0 Å². The fraction of sp³-hybridized carbons (Fsp3) is 0.414. The summed E-state index contributed by atoms with van der Waals surface area (Å²) in [5, 5.41) is 13.8. The lowest BCUT2D eigenvalue weighted by Gasteiger charge is -2.34. The summed E-state index contributed by atoms with van der Waals surface area (Å²) in [5.41, 5.74) is 9.17. The Bertz CT molecular complexity index is 1220. The predicted octanol–water partition coefficient (Wildman–Crippen LogP) is 6.19. The van der Waals surface area contributed by atoms with Gasteiger partial charge in [0.1, 0.15) is 0 Å². The predicted molar refractivity (Wildman–Crippen MR) is 149 cm³/mol. The highest BCUT2D eigenvalue weighted by molar-refractivity contribution is 5.79. The third kappa shape index (κ3) is 6.53. The lowest BCUT2D eigenvalue weighted by Crippen LogP contribution is -2.35. The minimum Gasteiger partial charge on any atom is -0.370 e. The molecule has 1 saturated heterocycles. The van der Waals surface area contributed by atoms with E-state index in [1.807, 2.05) is 37.5 Å². The van der Waals surface area contributed by atoms with Crippen LogP contribution in [0, 0.1) is 12.8 Å². The molecule has 2 aromatic heterocycles. The number of benzene rings is 1. The topological polar surface area (TPSA) is 78.1 Å². The number of piperidine rings is 1. The molecule has 3 aromatic rings. The number of aryl methyl sites for hydroxylation is 1. The molecule has 0 spiro atoms. The van der Waals surface area contributed by atoms with Crippen LogP contribution in [0.4, 0.5) is 11.5 Å². The monoisotopic (exact) mass is 483 g/mol. The Balaban J connectivity index is 1.41. The number of pyridine rings is 2. The van der Waals surface area contributed by atoms with Gasteiger partial charge in [0.25, 0.3) is 0 Å². The molecule has 1 fully saturated rings. The van der Waals surface area contributed by atoms with E-state index < -0.39 is 0 Å². The van der Waals surface area contributed by atoms with Crippen molar-refractivity contribution in [2.75, 3.05) is 31.6 Å². The molecule has 7 nitrogen and oxygen atoms in total. The van der Waals surface area contributed by atoms with Crippen molar-refractivity contribution in [1.29, 1.82) is 0 Å². The first-order valence-electron chi connectivity index (χ1n) is 12.9. The van der Waals surface area contributed by atoms with Gasteiger partial charge in [-0.05, 0) is 87.3 Å². The summed E-state index contributed by atoms with van der Waals surface area (Å²) in [6.07, 6.45) is 14.9. The van der Waals surface area contributed by atoms with Crippen LogP contribution in [0.2, 0.25) is 0 Å². The lowest BCUT2D eigenvalue weighted by molar-refractivity contribution is 0.375. The maximum absolute atomic E-state index is 4.73. The molecule has 0 amide bonds. The first-order chi connectivity index (χ1) is 17.7. The van der Waals surface area contributed by atoms with Crippen molar-refractivity contribution in [2.45, 2.75) is 46.0 Å². The van der Waals surface area contributed by atoms with Gasteiger partial charge in [-0.3, -0.25) is 4.98 Å². The normalized spacial score (nSPS) is 15.1. The van der Waals surface area contributed by atoms with Crippen molar-refractivity contribution in [3.05, 3.63) is 71.6 Å². The summed E-state index contributed by atoms with van der Waals surface area (Å²) in [5.74, 6) is 1.47. The summed E-state index contributed by atoms with van der Waals surface area (Å²) in [6.45, 7) is 7.24. The van der Waals surface area contributed by atoms with E-state index in [-0.39, 0.29) is 0 Å². The van der Waals surface area contributed by atoms with Gasteiger partial charge >= 0.3 is 0 Å². The Morgan fingerprint density at radius 2 is 2.00 bits per heavy atom. The van der Waals surface area contributed by atoms with Gasteiger partial charge in [-0.2, -0.15) is 10.2 Å². The smallest absolute Gasteiger partial charge is 0.177 e. The average molecular weight is 484 g/mol. The second kappa shape index (κ2) is 12.9. The minimum absolute atomic E-state index is 0.731. The fourth-order valence-electron chi connectivity index (χ4n) is 4.95. The van der Waals surface area contributed by atoms with Gasteiger partial charge in [0.05, 0.1) is 17.4 Å². The standard InChI is InChI=1S/C29H37N7/c1-4-5-16-33-34-17-12-23-13-18-36(19-14-23)28-21-32-29(35-30-3)26(22(28)2)10-8-24-9-11-27-25(20-24)7-6-15-31-27/h4-7,9,11,15-16,20-21,23,34H,8,10,12-14,17-19H2,1-3H3/b5-4-,33-16-,35-30?. The molecule has 0 aliphatic carbocycles. The number of hydrogen-bond acceptors (Lipinski definition) is 7. The molecular formula is C29H37N7. The maximum Gasteiger partial charge on any atom is 0.177 e. The van der Waals surface area contributed by atoms with Crippen LogP contribution < -0.4 is 10.3 Å². The van der Waals surface area contributed by atoms with Crippen LogP contribution >= 0.6 is 0 Å². The fourth-order valence-corrected chi connectivity index (χ4v) is 4.95. The number of anilines is 1. The Morgan fingerprint density at radius 3 is 2.81 bits per heavy atom. The van der Waals surface area contributed by atoms with E-state index in [0.29, 0.717) is 0 Å². The SMILES string of the molecule is C/C=C\C=N/NCCC1CCN(c2cnc(N=NC)c(CCc3ccc4ncccc4c3)c2C)CC1. The summed E-state index contributed by atoms with van der Waals surface area (Å²) < 4.78 is 0. The quantitative estimate of drug-likeness (QED) is 0.161. The van der Waals surface area contributed by atoms with Gasteiger partial charge in [-0.25, -0.2) is 4.98 Å². The van der Waals surface area contributed by atoms with E-state index in [2.05, 4.69) is 61.8 Å². The molecule has 1 N–H and O–H groups in total. The van der Waals surface area contributed by atoms with Crippen molar-refractivity contribution in [2.24, 2.45) is 21.2 Å². The Kier molecular flexibility index (Phi) is 9.14. The van der Waals surface area contributed by atoms with Crippen molar-refractivity contribution >= 4 is 28.6 Å². The van der Waals surface area contributed by atoms with Crippen molar-refractivity contribution in [3.63, 3.8) is 0 Å². The number of allylic oxidation sites excluding steroid dienone is 2. The number of nitrogens with one attached hydrogen (secondary N) is 1. The van der Waals surface area contributed by atoms with Crippen molar-refractivity contribution < 1.29 is 0 Å². The maximum atomic E-state index is 4.73. The number of hydrazone groups is 1. The molecule has 1 aromatic carbocycles. The Hall–Kier alpha value is -3.61. The molecule has 0 bridgehead atoms. The van der Waals surface area contributed by atoms with E-state index in [4.69, 9.17) is 4.98 Å². The second-order valence-electron chi connectivity index (χ2n) is 9.33. The molecule has 0 atom stereocenters. The highest BCUT2D eigenvalue weighted by Crippen LogP contribution is 2.33. The van der Waals surface area contributed by atoms with Gasteiger partial charge in [0.2, 0.25) is 0 Å². The molecule has 7 heteroatoms. The van der Waals surface area contributed by atoms with Crippen LogP contribution in [0.5, 0.6) is 0 Å². The summed E-state index contributed by atoms with van der Waals surface area (Å²) in [4.78, 5) is 11.7. The van der Waals surface area contributed by atoms with E-state index >= 15 is 0 Å². The second-order valence-corrected chi connectivity index (χ2v) is 9.33. The molecule has 188 valence electrons. The molecule has 36 heavy (non-hydrogen) atoms. The van der Waals surface area contributed by atoms with Gasteiger partial charge < -0.3 is 10.3 Å². The molecule has 1 aliphatic rings. The zero-order valence-electron chi connectivity index (χ0n) is 21.7. The summed E-state index contributed by atoms with van der Waals surface area (Å²) in [6, 6.07) is 10.6. The highest BCUT2D eigenvalue weighted by Gasteiger charge is 2.22. The third-order valence-corrected chi connectivity index (χ3v) is 7.01. The van der Waals surface area contributed by atoms with E-state index in [1.54, 1.807) is 13.3 Å². The highest BCUT2D eigenvalue weighted by atomic mass is 15.3. The van der Waals surface area contributed by atoms with E-state index in [0.717, 1.165) is 56.1 Å². The number of aromatic nitrogens is 2. The molecule has 4 rings (SSSR count). The zero-order chi connectivity index (χ0) is 25.2. The first kappa shape index (κ1) is 25.5. The molecular weight excluding hydrogens is 446 g/mol. The summed E-state index contributed by atoms with van der Waals surface area (Å²) in [7, 11) is 1.70. The molecule has 1 aliphatic heterocycles. The molecule has 0 unspecified atom stereocenters. The van der Waals surface area contributed by atoms with Crippen LogP contribution in [-0.4, -0.2) is 42.9 Å². The number of fused-ring (bicyclic) bond motifs is 1. The Labute approximate surface area is 214 Å². The van der Waals surface area contributed by atoms with Crippen LogP contribution in [0.1, 0.15) is 42.9 Å². The number of rotatable bonds is 10. The lowest BCUT2D eigenvalue weighted by atomic mass is 9.92. The first-order valence-corrected chi connectivity index (χ1v) is 12.9. The zero-order valence-corrected chi connectivity index (χ0v) is 21.7. The Morgan fingerprint density at radius 1 is 1.14 bits per heavy atom. The van der Waals surface area contributed by atoms with Crippen LogP contribution in [-0.2, 0) is 12.8 Å². The van der Waals surface area contributed by atoms with Crippen LogP contribution in [0.25, 0.3) is 10.9 Å². The third-order valence-electron chi connectivity index (χ3n) is 7.01. The van der Waals surface area contributed by atoms with Gasteiger partial charge in [0, 0.05) is 50.0 Å². The van der Waals surface area contributed by atoms with Gasteiger partial charge in [-0.1, -0.05) is 18.2 Å². The minimum atomic E-state index is 0.731. The number of hydrogen-bond donors (Lipinski definition) is 1.